The number of amides is 3. The average Bonchev–Trinajstić information content (AvgIpc) is 3.16. The maximum absolute atomic E-state index is 12.3. The van der Waals surface area contributed by atoms with Crippen molar-refractivity contribution in [1.29, 1.82) is 0 Å². The highest BCUT2D eigenvalue weighted by Gasteiger charge is 2.18. The van der Waals surface area contributed by atoms with Crippen molar-refractivity contribution in [3.8, 4) is 0 Å². The largest absolute Gasteiger partial charge is 0.349 e. The molecule has 5 heteroatoms. The Kier molecular flexibility index (Phi) is 5.89. The van der Waals surface area contributed by atoms with Crippen molar-refractivity contribution in [2.75, 3.05) is 12.4 Å². The zero-order chi connectivity index (χ0) is 18.4. The first-order valence-corrected chi connectivity index (χ1v) is 9.09. The zero-order valence-corrected chi connectivity index (χ0v) is 15.1. The van der Waals surface area contributed by atoms with Gasteiger partial charge in [-0.3, -0.25) is 4.79 Å². The molecule has 2 aromatic rings. The topological polar surface area (TPSA) is 61.4 Å². The molecule has 1 aliphatic rings. The number of nitrogens with zero attached hydrogens (tertiary/aromatic N) is 1. The second-order valence-electron chi connectivity index (χ2n) is 6.80. The minimum absolute atomic E-state index is 0.0454. The Labute approximate surface area is 154 Å². The van der Waals surface area contributed by atoms with Crippen molar-refractivity contribution < 1.29 is 9.59 Å². The van der Waals surface area contributed by atoms with Gasteiger partial charge in [0.15, 0.2) is 0 Å². The SMILES string of the molecule is CN(Cc1ccccc1)C(=O)Nc1ccc(C(=O)NC2CCCC2)cc1. The predicted octanol–water partition coefficient (Wildman–Crippen LogP) is 4.02. The first-order valence-electron chi connectivity index (χ1n) is 9.09. The van der Waals surface area contributed by atoms with Crippen molar-refractivity contribution in [3.05, 3.63) is 65.7 Å². The minimum Gasteiger partial charge on any atom is -0.349 e. The molecule has 3 rings (SSSR count). The summed E-state index contributed by atoms with van der Waals surface area (Å²) in [5.74, 6) is -0.0454. The number of rotatable bonds is 5. The summed E-state index contributed by atoms with van der Waals surface area (Å²) >= 11 is 0. The maximum Gasteiger partial charge on any atom is 0.321 e. The molecule has 136 valence electrons. The second-order valence-corrected chi connectivity index (χ2v) is 6.80. The number of carbonyl (C=O) groups excluding carboxylic acids is 2. The van der Waals surface area contributed by atoms with Crippen molar-refractivity contribution in [2.24, 2.45) is 0 Å². The van der Waals surface area contributed by atoms with Crippen LogP contribution in [0, 0.1) is 0 Å². The quantitative estimate of drug-likeness (QED) is 0.854. The summed E-state index contributed by atoms with van der Waals surface area (Å²) in [6, 6.07) is 17.0. The lowest BCUT2D eigenvalue weighted by atomic mass is 10.1. The Bertz CT molecular complexity index is 738. The van der Waals surface area contributed by atoms with Gasteiger partial charge in [0.05, 0.1) is 0 Å². The van der Waals surface area contributed by atoms with E-state index in [0.29, 0.717) is 23.8 Å². The third-order valence-corrected chi connectivity index (χ3v) is 4.70. The third kappa shape index (κ3) is 4.85. The molecule has 0 aliphatic heterocycles. The van der Waals surface area contributed by atoms with Crippen molar-refractivity contribution in [3.63, 3.8) is 0 Å². The van der Waals surface area contributed by atoms with Crippen LogP contribution in [0.15, 0.2) is 54.6 Å². The van der Waals surface area contributed by atoms with Crippen LogP contribution in [0.2, 0.25) is 0 Å². The van der Waals surface area contributed by atoms with Gasteiger partial charge in [0.2, 0.25) is 0 Å². The van der Waals surface area contributed by atoms with E-state index in [-0.39, 0.29) is 11.9 Å². The number of benzene rings is 2. The number of hydrogen-bond acceptors (Lipinski definition) is 2. The van der Waals surface area contributed by atoms with Gasteiger partial charge in [0, 0.05) is 30.9 Å². The standard InChI is InChI=1S/C21H25N3O2/c1-24(15-16-7-3-2-4-8-16)21(26)23-19-13-11-17(12-14-19)20(25)22-18-9-5-6-10-18/h2-4,7-8,11-14,18H,5-6,9-10,15H2,1H3,(H,22,25)(H,23,26). The van der Waals surface area contributed by atoms with E-state index in [1.165, 1.54) is 12.8 Å². The van der Waals surface area contributed by atoms with E-state index in [1.54, 1.807) is 36.2 Å². The van der Waals surface area contributed by atoms with Gasteiger partial charge >= 0.3 is 6.03 Å². The molecule has 1 aliphatic carbocycles. The van der Waals surface area contributed by atoms with Gasteiger partial charge in [0.25, 0.3) is 5.91 Å². The van der Waals surface area contributed by atoms with Crippen LogP contribution in [0.5, 0.6) is 0 Å². The minimum atomic E-state index is -0.183. The number of nitrogens with one attached hydrogen (secondary N) is 2. The molecule has 1 fully saturated rings. The van der Waals surface area contributed by atoms with E-state index >= 15 is 0 Å². The first kappa shape index (κ1) is 18.0. The highest BCUT2D eigenvalue weighted by molar-refractivity contribution is 5.95. The molecule has 0 aromatic heterocycles. The Morgan fingerprint density at radius 2 is 1.65 bits per heavy atom. The molecule has 2 aromatic carbocycles. The maximum atomic E-state index is 12.3. The summed E-state index contributed by atoms with van der Waals surface area (Å²) in [5, 5.41) is 5.92. The number of urea groups is 1. The summed E-state index contributed by atoms with van der Waals surface area (Å²) in [6.45, 7) is 0.536. The molecule has 2 N–H and O–H groups in total. The van der Waals surface area contributed by atoms with E-state index in [4.69, 9.17) is 0 Å². The van der Waals surface area contributed by atoms with E-state index in [9.17, 15) is 9.59 Å². The molecule has 0 unspecified atom stereocenters. The molecule has 0 bridgehead atoms. The molecule has 0 atom stereocenters. The molecule has 0 radical (unpaired) electrons. The van der Waals surface area contributed by atoms with Crippen LogP contribution in [0.3, 0.4) is 0 Å². The Balaban J connectivity index is 1.53. The summed E-state index contributed by atoms with van der Waals surface area (Å²) in [7, 11) is 1.76. The summed E-state index contributed by atoms with van der Waals surface area (Å²) in [5.41, 5.74) is 2.36. The number of hydrogen-bond donors (Lipinski definition) is 2. The zero-order valence-electron chi connectivity index (χ0n) is 15.1. The van der Waals surface area contributed by atoms with Gasteiger partial charge in [-0.2, -0.15) is 0 Å². The molecule has 3 amide bonds. The lowest BCUT2D eigenvalue weighted by molar-refractivity contribution is 0.0938. The molecular weight excluding hydrogens is 326 g/mol. The fourth-order valence-electron chi connectivity index (χ4n) is 3.19. The fourth-order valence-corrected chi connectivity index (χ4v) is 3.19. The molecular formula is C21H25N3O2. The number of carbonyl (C=O) groups is 2. The van der Waals surface area contributed by atoms with Gasteiger partial charge in [0.1, 0.15) is 0 Å². The molecule has 0 spiro atoms. The fraction of sp³-hybridized carbons (Fsp3) is 0.333. The molecule has 5 nitrogen and oxygen atoms in total. The van der Waals surface area contributed by atoms with Crippen molar-refractivity contribution >= 4 is 17.6 Å². The van der Waals surface area contributed by atoms with E-state index in [0.717, 1.165) is 18.4 Å². The van der Waals surface area contributed by atoms with E-state index < -0.39 is 0 Å². The normalized spacial score (nSPS) is 14.0. The van der Waals surface area contributed by atoms with Crippen molar-refractivity contribution in [1.82, 2.24) is 10.2 Å². The van der Waals surface area contributed by atoms with Gasteiger partial charge in [-0.15, -0.1) is 0 Å². The lowest BCUT2D eigenvalue weighted by Crippen LogP contribution is -2.32. The van der Waals surface area contributed by atoms with Crippen LogP contribution in [0.4, 0.5) is 10.5 Å². The Morgan fingerprint density at radius 3 is 2.31 bits per heavy atom. The lowest BCUT2D eigenvalue weighted by Gasteiger charge is -2.18. The predicted molar refractivity (Wildman–Crippen MR) is 103 cm³/mol. The molecule has 0 heterocycles. The van der Waals surface area contributed by atoms with Gasteiger partial charge in [-0.25, -0.2) is 4.79 Å². The smallest absolute Gasteiger partial charge is 0.321 e. The van der Waals surface area contributed by atoms with E-state index in [1.807, 2.05) is 30.3 Å². The summed E-state index contributed by atoms with van der Waals surface area (Å²) < 4.78 is 0. The Hall–Kier alpha value is -2.82. The first-order chi connectivity index (χ1) is 12.6. The van der Waals surface area contributed by atoms with Gasteiger partial charge in [-0.1, -0.05) is 43.2 Å². The van der Waals surface area contributed by atoms with Crippen molar-refractivity contribution in [2.45, 2.75) is 38.3 Å². The third-order valence-electron chi connectivity index (χ3n) is 4.70. The second kappa shape index (κ2) is 8.52. The van der Waals surface area contributed by atoms with Crippen LogP contribution < -0.4 is 10.6 Å². The molecule has 0 saturated heterocycles. The van der Waals surface area contributed by atoms with Gasteiger partial charge in [-0.05, 0) is 42.7 Å². The van der Waals surface area contributed by atoms with Crippen LogP contribution in [-0.4, -0.2) is 29.9 Å². The monoisotopic (exact) mass is 351 g/mol. The summed E-state index contributed by atoms with van der Waals surface area (Å²) in [4.78, 5) is 26.2. The van der Waals surface area contributed by atoms with Gasteiger partial charge < -0.3 is 15.5 Å². The van der Waals surface area contributed by atoms with E-state index in [2.05, 4.69) is 10.6 Å². The van der Waals surface area contributed by atoms with Crippen LogP contribution in [0.25, 0.3) is 0 Å². The van der Waals surface area contributed by atoms with Crippen LogP contribution in [-0.2, 0) is 6.54 Å². The van der Waals surface area contributed by atoms with Crippen LogP contribution >= 0.6 is 0 Å². The molecule has 26 heavy (non-hydrogen) atoms. The Morgan fingerprint density at radius 1 is 1.00 bits per heavy atom. The molecule has 1 saturated carbocycles. The summed E-state index contributed by atoms with van der Waals surface area (Å²) in [6.07, 6.45) is 4.50. The highest BCUT2D eigenvalue weighted by Crippen LogP contribution is 2.18. The average molecular weight is 351 g/mol. The van der Waals surface area contributed by atoms with Crippen LogP contribution in [0.1, 0.15) is 41.6 Å². The number of anilines is 1. The highest BCUT2D eigenvalue weighted by atomic mass is 16.2.